The monoisotopic (exact) mass is 353 g/mol. The molecule has 24 heavy (non-hydrogen) atoms. The summed E-state index contributed by atoms with van der Waals surface area (Å²) in [6.07, 6.45) is 3.41. The van der Waals surface area contributed by atoms with Crippen LogP contribution in [-0.2, 0) is 10.0 Å². The van der Waals surface area contributed by atoms with Crippen LogP contribution in [0.3, 0.4) is 0 Å². The molecule has 0 aliphatic carbocycles. The zero-order valence-electron chi connectivity index (χ0n) is 14.4. The lowest BCUT2D eigenvalue weighted by Gasteiger charge is -2.30. The Labute approximate surface area is 144 Å². The Balaban J connectivity index is 1.66. The Hall–Kier alpha value is -1.60. The number of sulfonamides is 1. The van der Waals surface area contributed by atoms with Crippen molar-refractivity contribution in [1.82, 2.24) is 14.9 Å². The zero-order valence-corrected chi connectivity index (χ0v) is 15.2. The van der Waals surface area contributed by atoms with Gasteiger partial charge in [-0.2, -0.15) is 0 Å². The number of amides is 2. The molecule has 1 atom stereocenters. The summed E-state index contributed by atoms with van der Waals surface area (Å²) in [5.74, 6) is 0.393. The number of urea groups is 1. The topological polar surface area (TPSA) is 78.5 Å². The fourth-order valence-corrected chi connectivity index (χ4v) is 3.79. The number of hydrogen-bond acceptors (Lipinski definition) is 3. The normalized spacial score (nSPS) is 18.1. The smallest absolute Gasteiger partial charge is 0.315 e. The summed E-state index contributed by atoms with van der Waals surface area (Å²) in [6.45, 7) is 3.70. The predicted molar refractivity (Wildman–Crippen MR) is 95.4 cm³/mol. The average Bonchev–Trinajstić information content (AvgIpc) is 2.55. The van der Waals surface area contributed by atoms with Gasteiger partial charge >= 0.3 is 6.03 Å². The zero-order chi connectivity index (χ0) is 17.6. The molecule has 0 radical (unpaired) electrons. The second-order valence-corrected chi connectivity index (χ2v) is 8.42. The van der Waals surface area contributed by atoms with Crippen LogP contribution in [0.25, 0.3) is 0 Å². The number of benzene rings is 1. The van der Waals surface area contributed by atoms with Crippen LogP contribution in [0.2, 0.25) is 0 Å². The second-order valence-electron chi connectivity index (χ2n) is 6.44. The van der Waals surface area contributed by atoms with Crippen molar-refractivity contribution in [3.05, 3.63) is 35.9 Å². The van der Waals surface area contributed by atoms with Crippen LogP contribution >= 0.6 is 0 Å². The molecular weight excluding hydrogens is 326 g/mol. The second kappa shape index (κ2) is 8.48. The molecule has 1 saturated heterocycles. The lowest BCUT2D eigenvalue weighted by molar-refractivity contribution is 0.227. The molecule has 7 heteroatoms. The molecule has 1 heterocycles. The van der Waals surface area contributed by atoms with Gasteiger partial charge in [0.05, 0.1) is 6.26 Å². The minimum atomic E-state index is -3.12. The molecule has 2 N–H and O–H groups in total. The predicted octanol–water partition coefficient (Wildman–Crippen LogP) is 1.90. The van der Waals surface area contributed by atoms with Crippen molar-refractivity contribution in [2.45, 2.75) is 38.1 Å². The number of rotatable bonds is 6. The first kappa shape index (κ1) is 18.7. The number of carbonyl (C=O) groups excluding carboxylic acids is 1. The highest BCUT2D eigenvalue weighted by Crippen LogP contribution is 2.17. The minimum absolute atomic E-state index is 0.0366. The van der Waals surface area contributed by atoms with Gasteiger partial charge in [-0.05, 0) is 30.7 Å². The van der Waals surface area contributed by atoms with E-state index in [4.69, 9.17) is 0 Å². The SMILES string of the molecule is CC(CCNC(=O)NC1CCN(S(C)(=O)=O)CC1)c1ccccc1. The third-order valence-corrected chi connectivity index (χ3v) is 5.79. The van der Waals surface area contributed by atoms with Crippen molar-refractivity contribution < 1.29 is 13.2 Å². The lowest BCUT2D eigenvalue weighted by Crippen LogP contribution is -2.49. The highest BCUT2D eigenvalue weighted by Gasteiger charge is 2.25. The quantitative estimate of drug-likeness (QED) is 0.820. The molecule has 1 fully saturated rings. The molecular formula is C17H27N3O3S. The van der Waals surface area contributed by atoms with Gasteiger partial charge in [0.1, 0.15) is 0 Å². The van der Waals surface area contributed by atoms with Crippen molar-refractivity contribution in [1.29, 1.82) is 0 Å². The number of hydrogen-bond donors (Lipinski definition) is 2. The Kier molecular flexibility index (Phi) is 6.62. The van der Waals surface area contributed by atoms with E-state index in [1.54, 1.807) is 0 Å². The van der Waals surface area contributed by atoms with Crippen LogP contribution in [0.15, 0.2) is 30.3 Å². The van der Waals surface area contributed by atoms with Crippen molar-refractivity contribution in [2.75, 3.05) is 25.9 Å². The third-order valence-electron chi connectivity index (χ3n) is 4.49. The van der Waals surface area contributed by atoms with Gasteiger partial charge in [0, 0.05) is 25.7 Å². The Morgan fingerprint density at radius 1 is 1.25 bits per heavy atom. The fraction of sp³-hybridized carbons (Fsp3) is 0.588. The summed E-state index contributed by atoms with van der Waals surface area (Å²) in [5, 5.41) is 5.82. The first-order valence-electron chi connectivity index (χ1n) is 8.40. The third kappa shape index (κ3) is 5.79. The summed E-state index contributed by atoms with van der Waals surface area (Å²) >= 11 is 0. The van der Waals surface area contributed by atoms with Crippen LogP contribution in [-0.4, -0.2) is 50.7 Å². The molecule has 0 spiro atoms. The number of nitrogens with zero attached hydrogens (tertiary/aromatic N) is 1. The molecule has 1 aromatic rings. The van der Waals surface area contributed by atoms with Crippen molar-refractivity contribution in [2.24, 2.45) is 0 Å². The lowest BCUT2D eigenvalue weighted by atomic mass is 9.98. The van der Waals surface area contributed by atoms with Gasteiger partial charge in [-0.25, -0.2) is 17.5 Å². The van der Waals surface area contributed by atoms with Gasteiger partial charge < -0.3 is 10.6 Å². The van der Waals surface area contributed by atoms with E-state index in [9.17, 15) is 13.2 Å². The Bertz CT molecular complexity index is 626. The van der Waals surface area contributed by atoms with E-state index in [1.165, 1.54) is 16.1 Å². The van der Waals surface area contributed by atoms with Gasteiger partial charge in [-0.15, -0.1) is 0 Å². The average molecular weight is 353 g/mol. The van der Waals surface area contributed by atoms with E-state index in [0.717, 1.165) is 6.42 Å². The summed E-state index contributed by atoms with van der Waals surface area (Å²) in [5.41, 5.74) is 1.27. The molecule has 6 nitrogen and oxygen atoms in total. The Morgan fingerprint density at radius 2 is 1.88 bits per heavy atom. The minimum Gasteiger partial charge on any atom is -0.338 e. The van der Waals surface area contributed by atoms with Crippen molar-refractivity contribution >= 4 is 16.1 Å². The summed E-state index contributed by atoms with van der Waals surface area (Å²) in [6, 6.07) is 10.1. The molecule has 0 aromatic heterocycles. The molecule has 1 aromatic carbocycles. The first-order valence-corrected chi connectivity index (χ1v) is 10.3. The van der Waals surface area contributed by atoms with Gasteiger partial charge in [-0.1, -0.05) is 37.3 Å². The molecule has 1 aliphatic rings. The molecule has 1 unspecified atom stereocenters. The van der Waals surface area contributed by atoms with Gasteiger partial charge in [-0.3, -0.25) is 0 Å². The highest BCUT2D eigenvalue weighted by atomic mass is 32.2. The van der Waals surface area contributed by atoms with E-state index in [0.29, 0.717) is 38.4 Å². The number of carbonyl (C=O) groups is 1. The maximum Gasteiger partial charge on any atom is 0.315 e. The van der Waals surface area contributed by atoms with Crippen LogP contribution in [0.5, 0.6) is 0 Å². The van der Waals surface area contributed by atoms with E-state index in [2.05, 4.69) is 29.7 Å². The summed E-state index contributed by atoms with van der Waals surface area (Å²) in [4.78, 5) is 12.0. The van der Waals surface area contributed by atoms with Crippen LogP contribution in [0, 0.1) is 0 Å². The van der Waals surface area contributed by atoms with Crippen molar-refractivity contribution in [3.8, 4) is 0 Å². The van der Waals surface area contributed by atoms with Gasteiger partial charge in [0.15, 0.2) is 0 Å². The number of piperidine rings is 1. The molecule has 134 valence electrons. The summed E-state index contributed by atoms with van der Waals surface area (Å²) < 4.78 is 24.4. The molecule has 1 aliphatic heterocycles. The number of nitrogens with one attached hydrogen (secondary N) is 2. The maximum atomic E-state index is 12.0. The molecule has 2 rings (SSSR count). The summed E-state index contributed by atoms with van der Waals surface area (Å²) in [7, 11) is -3.12. The van der Waals surface area contributed by atoms with Crippen LogP contribution in [0.1, 0.15) is 37.7 Å². The van der Waals surface area contributed by atoms with Crippen LogP contribution < -0.4 is 10.6 Å². The van der Waals surface area contributed by atoms with E-state index >= 15 is 0 Å². The maximum absolute atomic E-state index is 12.0. The highest BCUT2D eigenvalue weighted by molar-refractivity contribution is 7.88. The standard InChI is InChI=1S/C17H27N3O3S/c1-14(15-6-4-3-5-7-15)8-11-18-17(21)19-16-9-12-20(13-10-16)24(2,22)23/h3-7,14,16H,8-13H2,1-2H3,(H2,18,19,21). The fourth-order valence-electron chi connectivity index (χ4n) is 2.92. The van der Waals surface area contributed by atoms with E-state index < -0.39 is 10.0 Å². The Morgan fingerprint density at radius 3 is 2.46 bits per heavy atom. The molecule has 0 saturated carbocycles. The van der Waals surface area contributed by atoms with Crippen LogP contribution in [0.4, 0.5) is 4.79 Å². The van der Waals surface area contributed by atoms with E-state index in [-0.39, 0.29) is 12.1 Å². The van der Waals surface area contributed by atoms with Gasteiger partial charge in [0.2, 0.25) is 10.0 Å². The molecule has 0 bridgehead atoms. The molecule has 2 amide bonds. The van der Waals surface area contributed by atoms with Crippen molar-refractivity contribution in [3.63, 3.8) is 0 Å². The first-order chi connectivity index (χ1) is 11.4. The van der Waals surface area contributed by atoms with E-state index in [1.807, 2.05) is 18.2 Å². The van der Waals surface area contributed by atoms with Gasteiger partial charge in [0.25, 0.3) is 0 Å². The largest absolute Gasteiger partial charge is 0.338 e.